The molecule has 11 heteroatoms. The van der Waals surface area contributed by atoms with Crippen LogP contribution in [0.25, 0.3) is 0 Å². The van der Waals surface area contributed by atoms with Crippen molar-refractivity contribution in [2.45, 2.75) is 63.7 Å². The predicted molar refractivity (Wildman–Crippen MR) is 165 cm³/mol. The molecule has 4 atom stereocenters. The van der Waals surface area contributed by atoms with Crippen LogP contribution in [0.2, 0.25) is 0 Å². The molecule has 0 heterocycles. The molecule has 44 heavy (non-hydrogen) atoms. The van der Waals surface area contributed by atoms with Crippen LogP contribution in [-0.2, 0) is 38.4 Å². The first-order chi connectivity index (χ1) is 20.9. The summed E-state index contributed by atoms with van der Waals surface area (Å²) in [5.41, 5.74) is 8.19. The Kier molecular flexibility index (Phi) is 12.3. The number of nitrogens with one attached hydrogen (secondary N) is 3. The summed E-state index contributed by atoms with van der Waals surface area (Å²) in [6, 6.07) is 16.8. The summed E-state index contributed by atoms with van der Waals surface area (Å²) in [6.45, 7) is 3.77. The normalized spacial score (nSPS) is 13.7. The summed E-state index contributed by atoms with van der Waals surface area (Å²) in [5.74, 6) is -3.00. The molecule has 4 unspecified atom stereocenters. The Morgan fingerprint density at radius 2 is 1.05 bits per heavy atom. The second kappa shape index (κ2) is 16.1. The first-order valence-electron chi connectivity index (χ1n) is 14.4. The number of phenolic OH excluding ortho intramolecular Hbond substituents is 2. The average Bonchev–Trinajstić information content (AvgIpc) is 2.98. The van der Waals surface area contributed by atoms with Gasteiger partial charge < -0.3 is 37.0 Å². The van der Waals surface area contributed by atoms with E-state index in [4.69, 9.17) is 5.73 Å². The first-order valence-corrected chi connectivity index (χ1v) is 14.4. The van der Waals surface area contributed by atoms with Gasteiger partial charge in [-0.2, -0.15) is 0 Å². The molecule has 0 radical (unpaired) electrons. The molecule has 3 aromatic carbocycles. The van der Waals surface area contributed by atoms with Gasteiger partial charge in [-0.1, -0.05) is 68.4 Å². The number of aliphatic carboxylic acids is 1. The van der Waals surface area contributed by atoms with E-state index in [0.29, 0.717) is 5.56 Å². The largest absolute Gasteiger partial charge is 0.508 e. The van der Waals surface area contributed by atoms with Crippen LogP contribution < -0.4 is 21.7 Å². The van der Waals surface area contributed by atoms with Gasteiger partial charge in [-0.3, -0.25) is 14.4 Å². The van der Waals surface area contributed by atoms with Crippen molar-refractivity contribution in [3.63, 3.8) is 0 Å². The maximum absolute atomic E-state index is 13.6. The standard InChI is InChI=1S/C33H40N4O7/c1-20(2)16-27(35-30(40)26(34)17-22-8-12-24(38)13-9-22)31(41)36-28(18-21-6-4-3-5-7-21)32(42)37-29(33(43)44)19-23-10-14-25(39)15-11-23/h3-15,20,26-29,38-39H,16-19,34H2,1-2H3,(H,35,40)(H,36,41)(H,37,42)(H,43,44). The molecule has 0 aliphatic carbocycles. The number of carboxylic acids is 1. The van der Waals surface area contributed by atoms with Crippen LogP contribution in [0.4, 0.5) is 0 Å². The Hall–Kier alpha value is -4.90. The van der Waals surface area contributed by atoms with Crippen LogP contribution in [0, 0.1) is 5.92 Å². The van der Waals surface area contributed by atoms with E-state index < -0.39 is 47.9 Å². The van der Waals surface area contributed by atoms with E-state index in [1.807, 2.05) is 19.9 Å². The molecule has 3 aromatic rings. The Balaban J connectivity index is 1.76. The van der Waals surface area contributed by atoms with Crippen molar-refractivity contribution in [1.29, 1.82) is 0 Å². The predicted octanol–water partition coefficient (Wildman–Crippen LogP) is 2.04. The van der Waals surface area contributed by atoms with Crippen LogP contribution in [0.5, 0.6) is 11.5 Å². The van der Waals surface area contributed by atoms with Gasteiger partial charge >= 0.3 is 5.97 Å². The fraction of sp³-hybridized carbons (Fsp3) is 0.333. The number of hydrogen-bond acceptors (Lipinski definition) is 7. The number of nitrogens with two attached hydrogens (primary N) is 1. The minimum atomic E-state index is -1.30. The minimum Gasteiger partial charge on any atom is -0.508 e. The molecule has 0 spiro atoms. The number of carbonyl (C=O) groups is 4. The fourth-order valence-corrected chi connectivity index (χ4v) is 4.63. The summed E-state index contributed by atoms with van der Waals surface area (Å²) in [6.07, 6.45) is 0.478. The molecule has 0 aliphatic rings. The van der Waals surface area contributed by atoms with Gasteiger partial charge in [0.2, 0.25) is 17.7 Å². The number of phenols is 2. The van der Waals surface area contributed by atoms with E-state index in [-0.39, 0.29) is 43.1 Å². The molecule has 8 N–H and O–H groups in total. The van der Waals surface area contributed by atoms with Gasteiger partial charge in [-0.05, 0) is 59.7 Å². The third-order valence-corrected chi connectivity index (χ3v) is 6.98. The second-order valence-electron chi connectivity index (χ2n) is 11.2. The highest BCUT2D eigenvalue weighted by molar-refractivity contribution is 5.94. The van der Waals surface area contributed by atoms with Crippen LogP contribution in [0.1, 0.15) is 37.0 Å². The van der Waals surface area contributed by atoms with E-state index in [0.717, 1.165) is 11.1 Å². The number of amides is 3. The third-order valence-electron chi connectivity index (χ3n) is 6.98. The van der Waals surface area contributed by atoms with Crippen LogP contribution in [0.3, 0.4) is 0 Å². The molecule has 234 valence electrons. The van der Waals surface area contributed by atoms with Crippen LogP contribution in [0.15, 0.2) is 78.9 Å². The maximum Gasteiger partial charge on any atom is 0.326 e. The lowest BCUT2D eigenvalue weighted by molar-refractivity contribution is -0.142. The number of rotatable bonds is 15. The topological polar surface area (TPSA) is 191 Å². The summed E-state index contributed by atoms with van der Waals surface area (Å²) < 4.78 is 0. The number of benzene rings is 3. The molecule has 0 bridgehead atoms. The Bertz CT molecular complexity index is 1400. The maximum atomic E-state index is 13.6. The molecule has 11 nitrogen and oxygen atoms in total. The van der Waals surface area contributed by atoms with Crippen LogP contribution in [-0.4, -0.2) is 63.2 Å². The number of carboxylic acid groups (broad SMARTS) is 1. The highest BCUT2D eigenvalue weighted by Crippen LogP contribution is 2.14. The van der Waals surface area contributed by atoms with E-state index in [2.05, 4.69) is 16.0 Å². The molecule has 0 fully saturated rings. The molecular weight excluding hydrogens is 564 g/mol. The van der Waals surface area contributed by atoms with Crippen molar-refractivity contribution in [3.05, 3.63) is 95.6 Å². The molecule has 0 saturated carbocycles. The molecular formula is C33H40N4O7. The zero-order valence-corrected chi connectivity index (χ0v) is 24.8. The highest BCUT2D eigenvalue weighted by Gasteiger charge is 2.31. The zero-order chi connectivity index (χ0) is 32.2. The van der Waals surface area contributed by atoms with E-state index >= 15 is 0 Å². The third kappa shape index (κ3) is 10.7. The lowest BCUT2D eigenvalue weighted by Crippen LogP contribution is -2.58. The molecule has 0 aromatic heterocycles. The van der Waals surface area contributed by atoms with E-state index in [1.165, 1.54) is 24.3 Å². The summed E-state index contributed by atoms with van der Waals surface area (Å²) in [7, 11) is 0. The smallest absolute Gasteiger partial charge is 0.326 e. The number of aromatic hydroxyl groups is 2. The van der Waals surface area contributed by atoms with Gasteiger partial charge in [-0.15, -0.1) is 0 Å². The highest BCUT2D eigenvalue weighted by atomic mass is 16.4. The van der Waals surface area contributed by atoms with Gasteiger partial charge in [-0.25, -0.2) is 4.79 Å². The Morgan fingerprint density at radius 1 is 0.614 bits per heavy atom. The lowest BCUT2D eigenvalue weighted by atomic mass is 9.99. The van der Waals surface area contributed by atoms with Gasteiger partial charge in [0.05, 0.1) is 6.04 Å². The Morgan fingerprint density at radius 3 is 1.57 bits per heavy atom. The quantitative estimate of drug-likeness (QED) is 0.137. The second-order valence-corrected chi connectivity index (χ2v) is 11.2. The summed E-state index contributed by atoms with van der Waals surface area (Å²) in [5, 5.41) is 36.8. The van der Waals surface area contributed by atoms with Gasteiger partial charge in [0.25, 0.3) is 0 Å². The SMILES string of the molecule is CC(C)CC(NC(=O)C(N)Cc1ccc(O)cc1)C(=O)NC(Cc1ccccc1)C(=O)NC(Cc1ccc(O)cc1)C(=O)O. The fourth-order valence-electron chi connectivity index (χ4n) is 4.63. The van der Waals surface area contributed by atoms with Gasteiger partial charge in [0.1, 0.15) is 29.6 Å². The number of carbonyl (C=O) groups excluding carboxylic acids is 3. The molecule has 3 amide bonds. The van der Waals surface area contributed by atoms with E-state index in [9.17, 15) is 34.5 Å². The van der Waals surface area contributed by atoms with Crippen molar-refractivity contribution in [2.24, 2.45) is 11.7 Å². The first kappa shape index (κ1) is 33.6. The molecule has 0 aliphatic heterocycles. The average molecular weight is 605 g/mol. The number of hydrogen-bond donors (Lipinski definition) is 7. The Labute approximate surface area is 256 Å². The van der Waals surface area contributed by atoms with Crippen molar-refractivity contribution in [1.82, 2.24) is 16.0 Å². The van der Waals surface area contributed by atoms with E-state index in [1.54, 1.807) is 48.5 Å². The van der Waals surface area contributed by atoms with Crippen molar-refractivity contribution >= 4 is 23.7 Å². The van der Waals surface area contributed by atoms with Crippen LogP contribution >= 0.6 is 0 Å². The summed E-state index contributed by atoms with van der Waals surface area (Å²) in [4.78, 5) is 52.1. The summed E-state index contributed by atoms with van der Waals surface area (Å²) >= 11 is 0. The monoisotopic (exact) mass is 604 g/mol. The molecule has 3 rings (SSSR count). The van der Waals surface area contributed by atoms with Gasteiger partial charge in [0.15, 0.2) is 0 Å². The van der Waals surface area contributed by atoms with Gasteiger partial charge in [0, 0.05) is 12.8 Å². The van der Waals surface area contributed by atoms with Crippen molar-refractivity contribution < 1.29 is 34.5 Å². The zero-order valence-electron chi connectivity index (χ0n) is 24.8. The lowest BCUT2D eigenvalue weighted by Gasteiger charge is -2.26. The molecule has 0 saturated heterocycles. The van der Waals surface area contributed by atoms with Crippen molar-refractivity contribution in [2.75, 3.05) is 0 Å². The minimum absolute atomic E-state index is 0.00229. The van der Waals surface area contributed by atoms with Crippen molar-refractivity contribution in [3.8, 4) is 11.5 Å².